The number of carbonyl (C=O) groups excluding carboxylic acids is 1. The van der Waals surface area contributed by atoms with Crippen molar-refractivity contribution in [1.82, 2.24) is 0 Å². The minimum Gasteiger partial charge on any atom is -0.878 e. The molecule has 2 aromatic rings. The van der Waals surface area contributed by atoms with Crippen molar-refractivity contribution in [2.75, 3.05) is 0 Å². The van der Waals surface area contributed by atoms with Crippen LogP contribution in [-0.4, -0.2) is 5.78 Å². The van der Waals surface area contributed by atoms with Crippen LogP contribution in [0.5, 0.6) is 5.75 Å². The molecule has 2 aromatic carbocycles. The fourth-order valence-corrected chi connectivity index (χ4v) is 1.61. The number of allylic oxidation sites excluding steroid dienone is 1. The maximum Gasteiger partial charge on any atom is 1.00 e. The smallest absolute Gasteiger partial charge is 0.878 e. The Labute approximate surface area is 140 Å². The number of hydrogen-bond donors (Lipinski definition) is 0. The topological polar surface area (TPSA) is 49.4 Å². The number of benzene rings is 2. The van der Waals surface area contributed by atoms with Crippen molar-refractivity contribution in [3.8, 4) is 5.75 Å². The van der Waals surface area contributed by atoms with E-state index in [1.807, 2.05) is 30.3 Å². The molecule has 0 saturated heterocycles. The third-order valence-corrected chi connectivity index (χ3v) is 2.61. The fraction of sp³-hybridized carbons (Fsp3) is 0.0625. The molecular formula is C16H13NaO3. The van der Waals surface area contributed by atoms with E-state index in [0.717, 1.165) is 11.6 Å². The summed E-state index contributed by atoms with van der Waals surface area (Å²) in [5, 5.41) is 10.2. The molecule has 96 valence electrons. The van der Waals surface area contributed by atoms with Crippen LogP contribution in [0.25, 0.3) is 0 Å². The van der Waals surface area contributed by atoms with Crippen LogP contribution in [0.1, 0.15) is 15.9 Å². The van der Waals surface area contributed by atoms with Gasteiger partial charge in [0.25, 0.3) is 0 Å². The second-order valence-corrected chi connectivity index (χ2v) is 3.97. The second kappa shape index (κ2) is 8.59. The zero-order valence-corrected chi connectivity index (χ0v) is 13.3. The van der Waals surface area contributed by atoms with Crippen molar-refractivity contribution in [3.05, 3.63) is 78.1 Å². The molecule has 0 aliphatic rings. The number of rotatable bonds is 5. The van der Waals surface area contributed by atoms with E-state index < -0.39 is 0 Å². The molecule has 0 fully saturated rings. The Kier molecular flexibility index (Phi) is 7.09. The van der Waals surface area contributed by atoms with Gasteiger partial charge in [-0.25, -0.2) is 0 Å². The van der Waals surface area contributed by atoms with Crippen LogP contribution in [0.3, 0.4) is 0 Å². The van der Waals surface area contributed by atoms with Gasteiger partial charge in [0.15, 0.2) is 5.78 Å². The number of carbonyl (C=O) groups is 1. The summed E-state index contributed by atoms with van der Waals surface area (Å²) in [4.78, 5) is 11.4. The van der Waals surface area contributed by atoms with Crippen molar-refractivity contribution >= 4 is 5.78 Å². The van der Waals surface area contributed by atoms with Crippen molar-refractivity contribution in [2.45, 2.75) is 6.61 Å². The van der Waals surface area contributed by atoms with Gasteiger partial charge < -0.3 is 9.84 Å². The van der Waals surface area contributed by atoms with Crippen molar-refractivity contribution in [3.63, 3.8) is 0 Å². The first-order valence-corrected chi connectivity index (χ1v) is 5.89. The van der Waals surface area contributed by atoms with E-state index in [9.17, 15) is 9.90 Å². The summed E-state index contributed by atoms with van der Waals surface area (Å²) < 4.78 is 5.60. The summed E-state index contributed by atoms with van der Waals surface area (Å²) >= 11 is 0. The van der Waals surface area contributed by atoms with Crippen LogP contribution in [0.15, 0.2) is 66.9 Å². The quantitative estimate of drug-likeness (QED) is 0.315. The van der Waals surface area contributed by atoms with Crippen molar-refractivity contribution in [2.24, 2.45) is 0 Å². The zero-order chi connectivity index (χ0) is 13.5. The predicted octanol–water partition coefficient (Wildman–Crippen LogP) is -0.674. The SMILES string of the molecule is O=C(C=C[O-])c1ccc(OCc2ccccc2)cc1.[Na+]. The Morgan fingerprint density at radius 2 is 1.70 bits per heavy atom. The maximum atomic E-state index is 11.4. The van der Waals surface area contributed by atoms with E-state index in [2.05, 4.69) is 0 Å². The van der Waals surface area contributed by atoms with Gasteiger partial charge in [-0.15, -0.1) is 6.26 Å². The first kappa shape index (κ1) is 16.5. The van der Waals surface area contributed by atoms with Crippen LogP contribution >= 0.6 is 0 Å². The number of ether oxygens (including phenoxy) is 1. The molecule has 0 atom stereocenters. The molecule has 3 nitrogen and oxygen atoms in total. The molecule has 0 spiro atoms. The molecule has 4 heteroatoms. The average Bonchev–Trinajstić information content (AvgIpc) is 2.47. The van der Waals surface area contributed by atoms with E-state index in [4.69, 9.17) is 4.74 Å². The normalized spacial score (nSPS) is 10.0. The van der Waals surface area contributed by atoms with E-state index in [0.29, 0.717) is 24.2 Å². The van der Waals surface area contributed by atoms with Gasteiger partial charge in [-0.1, -0.05) is 30.3 Å². The largest absolute Gasteiger partial charge is 1.00 e. The average molecular weight is 276 g/mol. The van der Waals surface area contributed by atoms with E-state index in [1.54, 1.807) is 24.3 Å². The Bertz CT molecular complexity index is 562. The number of hydrogen-bond acceptors (Lipinski definition) is 3. The van der Waals surface area contributed by atoms with Gasteiger partial charge in [0.05, 0.1) is 0 Å². The van der Waals surface area contributed by atoms with E-state index >= 15 is 0 Å². The molecule has 0 aliphatic heterocycles. The van der Waals surface area contributed by atoms with E-state index in [1.165, 1.54) is 0 Å². The molecule has 2 rings (SSSR count). The molecular weight excluding hydrogens is 263 g/mol. The maximum absolute atomic E-state index is 11.4. The van der Waals surface area contributed by atoms with Crippen LogP contribution in [-0.2, 0) is 6.61 Å². The first-order chi connectivity index (χ1) is 9.29. The molecule has 0 N–H and O–H groups in total. The van der Waals surface area contributed by atoms with Gasteiger partial charge in [0.2, 0.25) is 0 Å². The minimum atomic E-state index is -0.301. The zero-order valence-electron chi connectivity index (χ0n) is 11.3. The minimum absolute atomic E-state index is 0. The van der Waals surface area contributed by atoms with Crippen molar-refractivity contribution in [1.29, 1.82) is 0 Å². The third-order valence-electron chi connectivity index (χ3n) is 2.61. The van der Waals surface area contributed by atoms with Gasteiger partial charge in [-0.05, 0) is 35.9 Å². The standard InChI is InChI=1S/C16H14O3.Na/c17-11-10-16(18)14-6-8-15(9-7-14)19-12-13-4-2-1-3-5-13;/h1-11,17H,12H2;/q;+1/p-1. The summed E-state index contributed by atoms with van der Waals surface area (Å²) in [5.74, 6) is 0.385. The summed E-state index contributed by atoms with van der Waals surface area (Å²) in [6.45, 7) is 0.481. The van der Waals surface area contributed by atoms with Gasteiger partial charge in [0.1, 0.15) is 12.4 Å². The Balaban J connectivity index is 0.00000200. The van der Waals surface area contributed by atoms with Crippen LogP contribution in [0.2, 0.25) is 0 Å². The van der Waals surface area contributed by atoms with Gasteiger partial charge in [-0.3, -0.25) is 4.79 Å². The van der Waals surface area contributed by atoms with Crippen molar-refractivity contribution < 1.29 is 44.2 Å². The molecule has 0 aromatic heterocycles. The molecule has 0 saturated carbocycles. The Morgan fingerprint density at radius 3 is 2.30 bits per heavy atom. The summed E-state index contributed by atoms with van der Waals surface area (Å²) in [6, 6.07) is 16.5. The molecule has 0 amide bonds. The van der Waals surface area contributed by atoms with Crippen LogP contribution in [0.4, 0.5) is 0 Å². The van der Waals surface area contributed by atoms with Gasteiger partial charge >= 0.3 is 29.6 Å². The Hall–Kier alpha value is -1.55. The Morgan fingerprint density at radius 1 is 1.05 bits per heavy atom. The molecule has 0 unspecified atom stereocenters. The molecule has 0 radical (unpaired) electrons. The van der Waals surface area contributed by atoms with Crippen LogP contribution < -0.4 is 39.4 Å². The fourth-order valence-electron chi connectivity index (χ4n) is 1.61. The third kappa shape index (κ3) is 4.85. The molecule has 20 heavy (non-hydrogen) atoms. The van der Waals surface area contributed by atoms with Gasteiger partial charge in [-0.2, -0.15) is 0 Å². The summed E-state index contributed by atoms with van der Waals surface area (Å²) in [6.07, 6.45) is 1.49. The van der Waals surface area contributed by atoms with Gasteiger partial charge in [0, 0.05) is 5.56 Å². The summed E-state index contributed by atoms with van der Waals surface area (Å²) in [5.41, 5.74) is 1.55. The predicted molar refractivity (Wildman–Crippen MR) is 70.7 cm³/mol. The molecule has 0 aliphatic carbocycles. The molecule has 0 bridgehead atoms. The molecule has 0 heterocycles. The summed E-state index contributed by atoms with van der Waals surface area (Å²) in [7, 11) is 0. The van der Waals surface area contributed by atoms with Crippen LogP contribution in [0, 0.1) is 0 Å². The second-order valence-electron chi connectivity index (χ2n) is 3.97. The first-order valence-electron chi connectivity index (χ1n) is 5.89. The van der Waals surface area contributed by atoms with E-state index in [-0.39, 0.29) is 35.3 Å². The monoisotopic (exact) mass is 276 g/mol. The number of ketones is 1.